The Labute approximate surface area is 194 Å². The molecule has 0 bridgehead atoms. The lowest BCUT2D eigenvalue weighted by atomic mass is 9.81. The van der Waals surface area contributed by atoms with Crippen LogP contribution >= 0.6 is 11.3 Å². The largest absolute Gasteiger partial charge is 0.477 e. The highest BCUT2D eigenvalue weighted by Gasteiger charge is 2.37. The first-order chi connectivity index (χ1) is 15.3. The molecule has 0 unspecified atom stereocenters. The number of amides is 1. The van der Waals surface area contributed by atoms with Crippen LogP contribution in [0.1, 0.15) is 92.1 Å². The molecule has 6 heteroatoms. The molecule has 1 amide bonds. The number of carboxylic acid groups (broad SMARTS) is 1. The number of aliphatic hydroxyl groups excluding tert-OH is 1. The summed E-state index contributed by atoms with van der Waals surface area (Å²) in [4.78, 5) is 29.1. The molecule has 5 nitrogen and oxygen atoms in total. The number of aliphatic hydroxyl groups is 1. The van der Waals surface area contributed by atoms with E-state index in [1.807, 2.05) is 11.0 Å². The summed E-state index contributed by atoms with van der Waals surface area (Å²) < 4.78 is 0. The number of carbonyl (C=O) groups is 2. The molecule has 3 aliphatic carbocycles. The third-order valence-electron chi connectivity index (χ3n) is 7.45. The number of thiophene rings is 1. The molecule has 2 fully saturated rings. The maximum absolute atomic E-state index is 13.8. The molecule has 1 aromatic rings. The number of allylic oxidation sites excluding steroid dienone is 3. The van der Waals surface area contributed by atoms with Crippen molar-refractivity contribution in [2.45, 2.75) is 89.7 Å². The Morgan fingerprint density at radius 1 is 1.09 bits per heavy atom. The number of hydrogen-bond donors (Lipinski definition) is 2. The highest BCUT2D eigenvalue weighted by molar-refractivity contribution is 7.15. The van der Waals surface area contributed by atoms with Crippen LogP contribution in [0.25, 0.3) is 5.57 Å². The Morgan fingerprint density at radius 3 is 2.41 bits per heavy atom. The van der Waals surface area contributed by atoms with E-state index in [-0.39, 0.29) is 28.8 Å². The Balaban J connectivity index is 1.71. The smallest absolute Gasteiger partial charge is 0.348 e. The molecular weight excluding hydrogens is 422 g/mol. The van der Waals surface area contributed by atoms with Crippen molar-refractivity contribution >= 4 is 34.5 Å². The number of rotatable bonds is 5. The van der Waals surface area contributed by atoms with Crippen molar-refractivity contribution in [1.29, 1.82) is 0 Å². The van der Waals surface area contributed by atoms with Crippen molar-refractivity contribution < 1.29 is 19.8 Å². The van der Waals surface area contributed by atoms with Crippen LogP contribution in [0.4, 0.5) is 5.69 Å². The highest BCUT2D eigenvalue weighted by atomic mass is 32.1. The maximum Gasteiger partial charge on any atom is 0.348 e. The second-order valence-electron chi connectivity index (χ2n) is 9.95. The van der Waals surface area contributed by atoms with Crippen LogP contribution in [0.5, 0.6) is 0 Å². The molecule has 0 saturated heterocycles. The summed E-state index contributed by atoms with van der Waals surface area (Å²) in [6, 6.07) is 1.88. The normalized spacial score (nSPS) is 28.8. The van der Waals surface area contributed by atoms with Crippen molar-refractivity contribution in [2.75, 3.05) is 4.90 Å². The maximum atomic E-state index is 13.8. The fourth-order valence-corrected chi connectivity index (χ4v) is 6.48. The quantitative estimate of drug-likeness (QED) is 0.529. The van der Waals surface area contributed by atoms with Gasteiger partial charge in [0.25, 0.3) is 0 Å². The van der Waals surface area contributed by atoms with E-state index in [2.05, 4.69) is 19.6 Å². The van der Waals surface area contributed by atoms with E-state index < -0.39 is 5.97 Å². The van der Waals surface area contributed by atoms with Crippen LogP contribution in [-0.4, -0.2) is 34.2 Å². The van der Waals surface area contributed by atoms with Gasteiger partial charge in [0.1, 0.15) is 4.88 Å². The number of nitrogens with zero attached hydrogens (tertiary/aromatic N) is 1. The standard InChI is InChI=1S/C26H35NO4S/c1-16-6-8-18(9-7-16)25(29)27(20-10-12-21(28)13-11-20)22-15-23(32-24(22)26(30)31)19-5-3-4-17(2)14-19/h5,15-16,18,20-21,28H,2-4,6-14H2,1H3,(H,30,31). The van der Waals surface area contributed by atoms with Crippen LogP contribution in [0.3, 0.4) is 0 Å². The fourth-order valence-electron chi connectivity index (χ4n) is 5.46. The molecule has 1 heterocycles. The molecule has 3 aliphatic rings. The molecule has 0 radical (unpaired) electrons. The highest BCUT2D eigenvalue weighted by Crippen LogP contribution is 2.42. The third-order valence-corrected chi connectivity index (χ3v) is 8.63. The van der Waals surface area contributed by atoms with E-state index in [4.69, 9.17) is 0 Å². The molecule has 4 rings (SSSR count). The van der Waals surface area contributed by atoms with E-state index in [1.54, 1.807) is 0 Å². The molecule has 2 saturated carbocycles. The number of anilines is 1. The molecule has 32 heavy (non-hydrogen) atoms. The van der Waals surface area contributed by atoms with Crippen molar-refractivity contribution in [3.63, 3.8) is 0 Å². The van der Waals surface area contributed by atoms with Crippen LogP contribution in [-0.2, 0) is 4.79 Å². The molecule has 1 aromatic heterocycles. The van der Waals surface area contributed by atoms with E-state index in [9.17, 15) is 19.8 Å². The van der Waals surface area contributed by atoms with E-state index in [1.165, 1.54) is 16.9 Å². The van der Waals surface area contributed by atoms with Gasteiger partial charge in [-0.2, -0.15) is 0 Å². The summed E-state index contributed by atoms with van der Waals surface area (Å²) in [7, 11) is 0. The molecule has 0 atom stereocenters. The monoisotopic (exact) mass is 457 g/mol. The number of hydrogen-bond acceptors (Lipinski definition) is 4. The number of carboxylic acids is 1. The van der Waals surface area contributed by atoms with Crippen LogP contribution in [0.2, 0.25) is 0 Å². The molecule has 174 valence electrons. The van der Waals surface area contributed by atoms with Gasteiger partial charge in [-0.3, -0.25) is 4.79 Å². The average molecular weight is 458 g/mol. The molecular formula is C26H35NO4S. The van der Waals surface area contributed by atoms with Gasteiger partial charge in [-0.25, -0.2) is 4.79 Å². The SMILES string of the molecule is C=C1CCC=C(c2cc(N(C(=O)C3CCC(C)CC3)C3CCC(O)CC3)c(C(=O)O)s2)C1. The summed E-state index contributed by atoms with van der Waals surface area (Å²) in [6.07, 6.45) is 11.1. The summed E-state index contributed by atoms with van der Waals surface area (Å²) in [5, 5.41) is 20.1. The molecule has 0 aromatic carbocycles. The van der Waals surface area contributed by atoms with E-state index >= 15 is 0 Å². The zero-order chi connectivity index (χ0) is 22.8. The van der Waals surface area contributed by atoms with Gasteiger partial charge in [-0.1, -0.05) is 25.2 Å². The second-order valence-corrected chi connectivity index (χ2v) is 11.0. The predicted octanol–water partition coefficient (Wildman–Crippen LogP) is 6.03. The Kier molecular flexibility index (Phi) is 7.21. The van der Waals surface area contributed by atoms with Gasteiger partial charge in [0.2, 0.25) is 5.91 Å². The minimum absolute atomic E-state index is 0.0447. The van der Waals surface area contributed by atoms with Crippen LogP contribution in [0, 0.1) is 11.8 Å². The average Bonchev–Trinajstić information content (AvgIpc) is 3.21. The molecule has 0 aliphatic heterocycles. The Hall–Kier alpha value is -1.92. The van der Waals surface area contributed by atoms with Gasteiger partial charge in [0, 0.05) is 16.8 Å². The lowest BCUT2D eigenvalue weighted by molar-refractivity contribution is -0.124. The van der Waals surface area contributed by atoms with Crippen molar-refractivity contribution in [3.8, 4) is 0 Å². The van der Waals surface area contributed by atoms with Gasteiger partial charge in [0.05, 0.1) is 11.8 Å². The summed E-state index contributed by atoms with van der Waals surface area (Å²) >= 11 is 1.28. The minimum atomic E-state index is -0.975. The first kappa shape index (κ1) is 23.2. The third kappa shape index (κ3) is 5.01. The van der Waals surface area contributed by atoms with Crippen molar-refractivity contribution in [3.05, 3.63) is 34.0 Å². The van der Waals surface area contributed by atoms with Crippen LogP contribution < -0.4 is 4.90 Å². The first-order valence-electron chi connectivity index (χ1n) is 12.1. The minimum Gasteiger partial charge on any atom is -0.477 e. The van der Waals surface area contributed by atoms with E-state index in [0.29, 0.717) is 37.3 Å². The van der Waals surface area contributed by atoms with Gasteiger partial charge in [0.15, 0.2) is 0 Å². The topological polar surface area (TPSA) is 77.8 Å². The lowest BCUT2D eigenvalue weighted by Crippen LogP contribution is -2.47. The zero-order valence-corrected chi connectivity index (χ0v) is 19.8. The summed E-state index contributed by atoms with van der Waals surface area (Å²) in [5.74, 6) is -0.299. The molecule has 0 spiro atoms. The Bertz CT molecular complexity index is 901. The summed E-state index contributed by atoms with van der Waals surface area (Å²) in [5.41, 5.74) is 2.84. The van der Waals surface area contributed by atoms with Gasteiger partial charge in [-0.05, 0) is 88.2 Å². The Morgan fingerprint density at radius 2 is 1.78 bits per heavy atom. The van der Waals surface area contributed by atoms with Crippen molar-refractivity contribution in [1.82, 2.24) is 0 Å². The fraction of sp³-hybridized carbons (Fsp3) is 0.615. The van der Waals surface area contributed by atoms with Crippen molar-refractivity contribution in [2.24, 2.45) is 11.8 Å². The zero-order valence-electron chi connectivity index (χ0n) is 19.0. The van der Waals surface area contributed by atoms with Gasteiger partial charge in [-0.15, -0.1) is 11.3 Å². The number of carbonyl (C=O) groups excluding carboxylic acids is 1. The molecule has 2 N–H and O–H groups in total. The van der Waals surface area contributed by atoms with Crippen LogP contribution in [0.15, 0.2) is 24.3 Å². The van der Waals surface area contributed by atoms with E-state index in [0.717, 1.165) is 55.4 Å². The van der Waals surface area contributed by atoms with Gasteiger partial charge < -0.3 is 15.1 Å². The van der Waals surface area contributed by atoms with Gasteiger partial charge >= 0.3 is 5.97 Å². The second kappa shape index (κ2) is 9.92. The first-order valence-corrected chi connectivity index (χ1v) is 12.9. The lowest BCUT2D eigenvalue weighted by Gasteiger charge is -2.38. The number of aromatic carboxylic acids is 1. The summed E-state index contributed by atoms with van der Waals surface area (Å²) in [6.45, 7) is 6.36. The predicted molar refractivity (Wildman–Crippen MR) is 129 cm³/mol.